The Morgan fingerprint density at radius 2 is 1.59 bits per heavy atom. The van der Waals surface area contributed by atoms with Crippen molar-refractivity contribution in [2.24, 2.45) is 0 Å². The van der Waals surface area contributed by atoms with Crippen molar-refractivity contribution in [1.29, 1.82) is 0 Å². The highest BCUT2D eigenvalue weighted by molar-refractivity contribution is 9.10. The van der Waals surface area contributed by atoms with Crippen molar-refractivity contribution in [1.82, 2.24) is 0 Å². The zero-order chi connectivity index (χ0) is 12.4. The van der Waals surface area contributed by atoms with E-state index in [4.69, 9.17) is 34.8 Å². The molecule has 88 valence electrons. The van der Waals surface area contributed by atoms with Gasteiger partial charge in [0.25, 0.3) is 0 Å². The van der Waals surface area contributed by atoms with Crippen LogP contribution >= 0.6 is 50.7 Å². The van der Waals surface area contributed by atoms with Gasteiger partial charge >= 0.3 is 0 Å². The highest BCUT2D eigenvalue weighted by atomic mass is 79.9. The molecule has 0 amide bonds. The molecule has 0 spiro atoms. The molecule has 0 nitrogen and oxygen atoms in total. The van der Waals surface area contributed by atoms with Crippen LogP contribution in [0.15, 0.2) is 46.9 Å². The first kappa shape index (κ1) is 13.2. The van der Waals surface area contributed by atoms with Crippen LogP contribution in [0, 0.1) is 0 Å². The van der Waals surface area contributed by atoms with E-state index >= 15 is 0 Å². The van der Waals surface area contributed by atoms with Gasteiger partial charge in [-0.1, -0.05) is 51.3 Å². The minimum Gasteiger partial charge on any atom is -0.113 e. The fourth-order valence-corrected chi connectivity index (χ4v) is 2.63. The summed E-state index contributed by atoms with van der Waals surface area (Å²) in [5, 5.41) is 1.07. The SMILES string of the molecule is Clc1ccc(C(Cl)c2cc(Br)ccc2Cl)cc1. The Labute approximate surface area is 124 Å². The summed E-state index contributed by atoms with van der Waals surface area (Å²) < 4.78 is 0.955. The molecule has 1 unspecified atom stereocenters. The summed E-state index contributed by atoms with van der Waals surface area (Å²) in [5.41, 5.74) is 1.85. The Hall–Kier alpha value is -0.210. The van der Waals surface area contributed by atoms with Gasteiger partial charge in [-0.3, -0.25) is 0 Å². The van der Waals surface area contributed by atoms with E-state index in [0.29, 0.717) is 10.0 Å². The first-order valence-corrected chi connectivity index (χ1v) is 6.91. The second kappa shape index (κ2) is 5.62. The first-order chi connectivity index (χ1) is 8.08. The van der Waals surface area contributed by atoms with Crippen molar-refractivity contribution in [2.75, 3.05) is 0 Å². The second-order valence-electron chi connectivity index (χ2n) is 3.58. The highest BCUT2D eigenvalue weighted by Gasteiger charge is 2.14. The predicted octanol–water partition coefficient (Wildman–Crippen LogP) is 6.08. The summed E-state index contributed by atoms with van der Waals surface area (Å²) in [7, 11) is 0. The van der Waals surface area contributed by atoms with Crippen LogP contribution in [0.1, 0.15) is 16.5 Å². The van der Waals surface area contributed by atoms with E-state index in [0.717, 1.165) is 15.6 Å². The van der Waals surface area contributed by atoms with E-state index in [1.54, 1.807) is 0 Å². The van der Waals surface area contributed by atoms with E-state index in [-0.39, 0.29) is 5.38 Å². The van der Waals surface area contributed by atoms with Gasteiger partial charge < -0.3 is 0 Å². The van der Waals surface area contributed by atoms with Gasteiger partial charge in [-0.2, -0.15) is 0 Å². The largest absolute Gasteiger partial charge is 0.113 e. The Morgan fingerprint density at radius 3 is 2.24 bits per heavy atom. The van der Waals surface area contributed by atoms with Gasteiger partial charge in [-0.25, -0.2) is 0 Å². The normalized spacial score (nSPS) is 12.5. The maximum absolute atomic E-state index is 6.41. The molecule has 0 aliphatic rings. The van der Waals surface area contributed by atoms with Crippen molar-refractivity contribution < 1.29 is 0 Å². The maximum Gasteiger partial charge on any atom is 0.0850 e. The third-order valence-corrected chi connectivity index (χ3v) is 3.97. The molecule has 0 heterocycles. The van der Waals surface area contributed by atoms with Crippen molar-refractivity contribution >= 4 is 50.7 Å². The van der Waals surface area contributed by atoms with E-state index in [1.807, 2.05) is 42.5 Å². The number of rotatable bonds is 2. The fourth-order valence-electron chi connectivity index (χ4n) is 1.52. The van der Waals surface area contributed by atoms with Gasteiger partial charge in [0.05, 0.1) is 5.38 Å². The molecule has 2 rings (SSSR count). The van der Waals surface area contributed by atoms with Crippen LogP contribution in [-0.2, 0) is 0 Å². The highest BCUT2D eigenvalue weighted by Crippen LogP contribution is 2.35. The fraction of sp³-hybridized carbons (Fsp3) is 0.0769. The van der Waals surface area contributed by atoms with Crippen LogP contribution in [0.2, 0.25) is 10.0 Å². The number of hydrogen-bond acceptors (Lipinski definition) is 0. The van der Waals surface area contributed by atoms with Crippen LogP contribution in [0.25, 0.3) is 0 Å². The summed E-state index contributed by atoms with van der Waals surface area (Å²) in [6.45, 7) is 0. The van der Waals surface area contributed by atoms with Gasteiger partial charge in [-0.15, -0.1) is 11.6 Å². The molecule has 0 N–H and O–H groups in total. The number of alkyl halides is 1. The monoisotopic (exact) mass is 348 g/mol. The lowest BCUT2D eigenvalue weighted by molar-refractivity contribution is 1.14. The van der Waals surface area contributed by atoms with E-state index in [9.17, 15) is 0 Å². The molecular formula is C13H8BrCl3. The molecule has 17 heavy (non-hydrogen) atoms. The zero-order valence-corrected chi connectivity index (χ0v) is 12.5. The molecule has 4 heteroatoms. The standard InChI is InChI=1S/C13H8BrCl3/c14-9-3-6-12(16)11(7-9)13(17)8-1-4-10(15)5-2-8/h1-7,13H. The Kier molecular flexibility index (Phi) is 4.37. The molecule has 0 bridgehead atoms. The average Bonchev–Trinajstić information content (AvgIpc) is 2.32. The average molecular weight is 350 g/mol. The van der Waals surface area contributed by atoms with Crippen LogP contribution in [-0.4, -0.2) is 0 Å². The van der Waals surface area contributed by atoms with Crippen molar-refractivity contribution in [3.05, 3.63) is 68.1 Å². The molecule has 0 aromatic heterocycles. The van der Waals surface area contributed by atoms with E-state index < -0.39 is 0 Å². The molecule has 0 aliphatic carbocycles. The van der Waals surface area contributed by atoms with Crippen molar-refractivity contribution in [2.45, 2.75) is 5.38 Å². The molecule has 1 atom stereocenters. The molecular weight excluding hydrogens is 342 g/mol. The minimum absolute atomic E-state index is 0.280. The zero-order valence-electron chi connectivity index (χ0n) is 8.63. The van der Waals surface area contributed by atoms with Gasteiger partial charge in [0, 0.05) is 14.5 Å². The molecule has 0 saturated heterocycles. The van der Waals surface area contributed by atoms with Gasteiger partial charge in [0.2, 0.25) is 0 Å². The summed E-state index contributed by atoms with van der Waals surface area (Å²) in [4.78, 5) is 0. The lowest BCUT2D eigenvalue weighted by atomic mass is 10.0. The van der Waals surface area contributed by atoms with Gasteiger partial charge in [0.1, 0.15) is 0 Å². The number of hydrogen-bond donors (Lipinski definition) is 0. The summed E-state index contributed by atoms with van der Waals surface area (Å²) in [6.07, 6.45) is 0. The summed E-state index contributed by atoms with van der Waals surface area (Å²) >= 11 is 21.8. The molecule has 0 fully saturated rings. The van der Waals surface area contributed by atoms with Gasteiger partial charge in [0.15, 0.2) is 0 Å². The summed E-state index contributed by atoms with van der Waals surface area (Å²) in [6, 6.07) is 13.1. The Morgan fingerprint density at radius 1 is 0.941 bits per heavy atom. The predicted molar refractivity (Wildman–Crippen MR) is 78.3 cm³/mol. The topological polar surface area (TPSA) is 0 Å². The molecule has 0 aliphatic heterocycles. The smallest absolute Gasteiger partial charge is 0.0850 e. The van der Waals surface area contributed by atoms with Crippen LogP contribution in [0.4, 0.5) is 0 Å². The Balaban J connectivity index is 2.39. The first-order valence-electron chi connectivity index (χ1n) is 4.92. The molecule has 0 saturated carbocycles. The number of halogens is 4. The third kappa shape index (κ3) is 3.17. The minimum atomic E-state index is -0.280. The maximum atomic E-state index is 6.41. The van der Waals surface area contributed by atoms with Crippen molar-refractivity contribution in [3.8, 4) is 0 Å². The van der Waals surface area contributed by atoms with Crippen LogP contribution in [0.3, 0.4) is 0 Å². The molecule has 2 aromatic rings. The van der Waals surface area contributed by atoms with E-state index in [1.165, 1.54) is 0 Å². The van der Waals surface area contributed by atoms with Gasteiger partial charge in [-0.05, 0) is 41.5 Å². The lowest BCUT2D eigenvalue weighted by Crippen LogP contribution is -1.94. The Bertz CT molecular complexity index is 523. The number of benzene rings is 2. The summed E-state index contributed by atoms with van der Waals surface area (Å²) in [5.74, 6) is 0. The van der Waals surface area contributed by atoms with Crippen molar-refractivity contribution in [3.63, 3.8) is 0 Å². The third-order valence-electron chi connectivity index (χ3n) is 2.39. The molecule has 0 radical (unpaired) electrons. The second-order valence-corrected chi connectivity index (χ2v) is 5.78. The van der Waals surface area contributed by atoms with Crippen LogP contribution in [0.5, 0.6) is 0 Å². The van der Waals surface area contributed by atoms with Crippen LogP contribution < -0.4 is 0 Å². The molecule has 2 aromatic carbocycles. The quantitative estimate of drug-likeness (QED) is 0.575. The lowest BCUT2D eigenvalue weighted by Gasteiger charge is -2.12. The van der Waals surface area contributed by atoms with E-state index in [2.05, 4.69) is 15.9 Å².